The monoisotopic (exact) mass is 354 g/mol. The van der Waals surface area contributed by atoms with E-state index in [1.54, 1.807) is 30.3 Å². The van der Waals surface area contributed by atoms with E-state index in [1.807, 2.05) is 0 Å². The average Bonchev–Trinajstić information content (AvgIpc) is 2.56. The van der Waals surface area contributed by atoms with Crippen LogP contribution in [0.2, 0.25) is 0 Å². The predicted molar refractivity (Wildman–Crippen MR) is 88.2 cm³/mol. The molecule has 24 heavy (non-hydrogen) atoms. The predicted octanol–water partition coefficient (Wildman–Crippen LogP) is 2.76. The molecule has 0 aliphatic rings. The van der Waals surface area contributed by atoms with Crippen LogP contribution in [0.15, 0.2) is 48.5 Å². The minimum Gasteiger partial charge on any atom is -0.321 e. The number of carbonyl (C=O) groups is 1. The van der Waals surface area contributed by atoms with Crippen LogP contribution in [0.4, 0.5) is 20.2 Å². The molecule has 1 N–H and O–H groups in total. The minimum atomic E-state index is -3.74. The maximum Gasteiger partial charge on any atom is 0.235 e. The number of sulfonamides is 1. The molecule has 0 fully saturated rings. The molecule has 0 saturated carbocycles. The number of nitrogens with zero attached hydrogens (tertiary/aromatic N) is 1. The van der Waals surface area contributed by atoms with Gasteiger partial charge < -0.3 is 5.32 Å². The Bertz CT molecular complexity index is 806. The number of benzene rings is 2. The molecule has 2 rings (SSSR count). The Labute approximate surface area is 139 Å². The van der Waals surface area contributed by atoms with Crippen molar-refractivity contribution in [2.24, 2.45) is 0 Å². The van der Waals surface area contributed by atoms with Gasteiger partial charge in [0.15, 0.2) is 0 Å². The molecule has 2 aromatic rings. The van der Waals surface area contributed by atoms with Gasteiger partial charge in [-0.25, -0.2) is 17.2 Å². The molecule has 1 amide bonds. The van der Waals surface area contributed by atoms with Crippen molar-refractivity contribution in [3.05, 3.63) is 60.2 Å². The van der Waals surface area contributed by atoms with Crippen molar-refractivity contribution in [2.75, 3.05) is 22.4 Å². The molecule has 5 nitrogen and oxygen atoms in total. The molecule has 2 aromatic carbocycles. The topological polar surface area (TPSA) is 66.5 Å². The maximum absolute atomic E-state index is 13.5. The van der Waals surface area contributed by atoms with Crippen LogP contribution in [0.3, 0.4) is 0 Å². The highest BCUT2D eigenvalue weighted by atomic mass is 32.2. The number of nitrogens with one attached hydrogen (secondary N) is 1. The second kappa shape index (κ2) is 7.39. The fraction of sp³-hybridized carbons (Fsp3) is 0.188. The van der Waals surface area contributed by atoms with E-state index < -0.39 is 45.4 Å². The van der Waals surface area contributed by atoms with Gasteiger partial charge in [0.05, 0.1) is 11.4 Å². The molecule has 0 spiro atoms. The third-order valence-corrected chi connectivity index (χ3v) is 5.12. The number of hydrogen-bond acceptors (Lipinski definition) is 3. The van der Waals surface area contributed by atoms with Gasteiger partial charge >= 0.3 is 0 Å². The first kappa shape index (κ1) is 17.9. The lowest BCUT2D eigenvalue weighted by Gasteiger charge is -2.19. The van der Waals surface area contributed by atoms with Crippen LogP contribution in [-0.2, 0) is 14.8 Å². The Morgan fingerprint density at radius 1 is 1.04 bits per heavy atom. The molecule has 0 heterocycles. The first-order valence-electron chi connectivity index (χ1n) is 7.07. The van der Waals surface area contributed by atoms with Gasteiger partial charge in [-0.1, -0.05) is 24.3 Å². The number of halogens is 2. The zero-order chi connectivity index (χ0) is 17.7. The maximum atomic E-state index is 13.5. The molecule has 0 bridgehead atoms. The standard InChI is InChI=1S/C16H16F2N2O3S/c1-20(12-6-3-2-4-7-12)24(22,23)11-10-15(21)19-16-13(17)8-5-9-14(16)18/h2-9H,10-11H2,1H3,(H,19,21). The van der Waals surface area contributed by atoms with E-state index in [0.717, 1.165) is 16.4 Å². The highest BCUT2D eigenvalue weighted by Gasteiger charge is 2.20. The summed E-state index contributed by atoms with van der Waals surface area (Å²) in [4.78, 5) is 11.8. The van der Waals surface area contributed by atoms with Gasteiger partial charge in [-0.05, 0) is 24.3 Å². The number of hydrogen-bond donors (Lipinski definition) is 1. The smallest absolute Gasteiger partial charge is 0.235 e. The van der Waals surface area contributed by atoms with Crippen LogP contribution in [0, 0.1) is 11.6 Å². The molecule has 0 aliphatic carbocycles. The quantitative estimate of drug-likeness (QED) is 0.867. The molecular weight excluding hydrogens is 338 g/mol. The van der Waals surface area contributed by atoms with Crippen LogP contribution >= 0.6 is 0 Å². The molecule has 0 radical (unpaired) electrons. The SMILES string of the molecule is CN(c1ccccc1)S(=O)(=O)CCC(=O)Nc1c(F)cccc1F. The van der Waals surface area contributed by atoms with Gasteiger partial charge in [0.2, 0.25) is 15.9 Å². The first-order valence-corrected chi connectivity index (χ1v) is 8.67. The van der Waals surface area contributed by atoms with E-state index >= 15 is 0 Å². The van der Waals surface area contributed by atoms with Crippen molar-refractivity contribution >= 4 is 27.3 Å². The van der Waals surface area contributed by atoms with Crippen LogP contribution in [0.1, 0.15) is 6.42 Å². The third-order valence-electron chi connectivity index (χ3n) is 3.35. The van der Waals surface area contributed by atoms with Gasteiger partial charge in [-0.2, -0.15) is 0 Å². The first-order chi connectivity index (χ1) is 11.3. The fourth-order valence-electron chi connectivity index (χ4n) is 1.98. The van der Waals surface area contributed by atoms with E-state index in [9.17, 15) is 22.0 Å². The molecule has 0 aromatic heterocycles. The lowest BCUT2D eigenvalue weighted by Crippen LogP contribution is -2.30. The summed E-state index contributed by atoms with van der Waals surface area (Å²) in [6.07, 6.45) is -0.423. The summed E-state index contributed by atoms with van der Waals surface area (Å²) in [6, 6.07) is 11.5. The lowest BCUT2D eigenvalue weighted by atomic mass is 10.3. The lowest BCUT2D eigenvalue weighted by molar-refractivity contribution is -0.115. The van der Waals surface area contributed by atoms with Crippen molar-refractivity contribution in [3.8, 4) is 0 Å². The second-order valence-electron chi connectivity index (χ2n) is 5.01. The highest BCUT2D eigenvalue weighted by molar-refractivity contribution is 7.92. The van der Waals surface area contributed by atoms with E-state index in [4.69, 9.17) is 0 Å². The van der Waals surface area contributed by atoms with Crippen molar-refractivity contribution in [3.63, 3.8) is 0 Å². The molecule has 0 aliphatic heterocycles. The van der Waals surface area contributed by atoms with Gasteiger partial charge in [0.1, 0.15) is 17.3 Å². The van der Waals surface area contributed by atoms with Gasteiger partial charge in [0, 0.05) is 13.5 Å². The van der Waals surface area contributed by atoms with Crippen LogP contribution < -0.4 is 9.62 Å². The zero-order valence-electron chi connectivity index (χ0n) is 12.9. The summed E-state index contributed by atoms with van der Waals surface area (Å²) in [7, 11) is -2.36. The fourth-order valence-corrected chi connectivity index (χ4v) is 3.14. The summed E-state index contributed by atoms with van der Waals surface area (Å²) in [5.41, 5.74) is -0.130. The van der Waals surface area contributed by atoms with Crippen molar-refractivity contribution < 1.29 is 22.0 Å². The second-order valence-corrected chi connectivity index (χ2v) is 7.13. The molecule has 128 valence electrons. The van der Waals surface area contributed by atoms with E-state index in [1.165, 1.54) is 13.1 Å². The molecule has 0 unspecified atom stereocenters. The van der Waals surface area contributed by atoms with Crippen LogP contribution in [-0.4, -0.2) is 27.1 Å². The Morgan fingerprint density at radius 2 is 1.62 bits per heavy atom. The molecule has 8 heteroatoms. The molecular formula is C16H16F2N2O3S. The van der Waals surface area contributed by atoms with Gasteiger partial charge in [-0.3, -0.25) is 9.10 Å². The van der Waals surface area contributed by atoms with Crippen molar-refractivity contribution in [1.29, 1.82) is 0 Å². The summed E-state index contributed by atoms with van der Waals surface area (Å²) in [6.45, 7) is 0. The van der Waals surface area contributed by atoms with Crippen LogP contribution in [0.5, 0.6) is 0 Å². The third kappa shape index (κ3) is 4.29. The van der Waals surface area contributed by atoms with Crippen molar-refractivity contribution in [1.82, 2.24) is 0 Å². The number of amides is 1. The summed E-state index contributed by atoms with van der Waals surface area (Å²) < 4.78 is 52.4. The Balaban J connectivity index is 2.00. The van der Waals surface area contributed by atoms with E-state index in [2.05, 4.69) is 5.32 Å². The Morgan fingerprint density at radius 3 is 2.21 bits per heavy atom. The van der Waals surface area contributed by atoms with Crippen molar-refractivity contribution in [2.45, 2.75) is 6.42 Å². The Hall–Kier alpha value is -2.48. The number of anilines is 2. The highest BCUT2D eigenvalue weighted by Crippen LogP contribution is 2.19. The number of carbonyl (C=O) groups excluding carboxylic acids is 1. The zero-order valence-corrected chi connectivity index (χ0v) is 13.7. The summed E-state index contributed by atoms with van der Waals surface area (Å²) in [5, 5.41) is 2.06. The number of rotatable bonds is 6. The van der Waals surface area contributed by atoms with E-state index in [-0.39, 0.29) is 0 Å². The Kier molecular flexibility index (Phi) is 5.50. The summed E-state index contributed by atoms with van der Waals surface area (Å²) >= 11 is 0. The molecule has 0 saturated heterocycles. The normalized spacial score (nSPS) is 11.1. The molecule has 0 atom stereocenters. The van der Waals surface area contributed by atoms with Gasteiger partial charge in [0.25, 0.3) is 0 Å². The largest absolute Gasteiger partial charge is 0.321 e. The van der Waals surface area contributed by atoms with Gasteiger partial charge in [-0.15, -0.1) is 0 Å². The van der Waals surface area contributed by atoms with E-state index in [0.29, 0.717) is 5.69 Å². The average molecular weight is 354 g/mol. The van der Waals surface area contributed by atoms with Crippen LogP contribution in [0.25, 0.3) is 0 Å². The summed E-state index contributed by atoms with van der Waals surface area (Å²) in [5.74, 6) is -3.12. The minimum absolute atomic E-state index is 0.423. The number of para-hydroxylation sites is 2.